The number of nitrogens with zero attached hydrogens (tertiary/aromatic N) is 3. The van der Waals surface area contributed by atoms with Crippen LogP contribution in [0, 0.1) is 12.5 Å². The smallest absolute Gasteiger partial charge is 0.407 e. The summed E-state index contributed by atoms with van der Waals surface area (Å²) in [5.74, 6) is 0.539. The molecule has 0 saturated carbocycles. The lowest BCUT2D eigenvalue weighted by Gasteiger charge is -2.31. The van der Waals surface area contributed by atoms with Crippen molar-refractivity contribution in [1.29, 1.82) is 0 Å². The van der Waals surface area contributed by atoms with Crippen LogP contribution in [0.4, 0.5) is 16.2 Å². The van der Waals surface area contributed by atoms with Gasteiger partial charge in [-0.05, 0) is 45.9 Å². The SMILES string of the molecule is [C-]#[N+]c1ccc(NCCCN2CC3CN(CCNC(=O)OC(C)(C)C)CC34OC4C2)cc1. The molecule has 1 amide bonds. The van der Waals surface area contributed by atoms with Gasteiger partial charge in [-0.3, -0.25) is 4.90 Å². The summed E-state index contributed by atoms with van der Waals surface area (Å²) in [5, 5.41) is 6.30. The van der Waals surface area contributed by atoms with Gasteiger partial charge in [0, 0.05) is 57.4 Å². The molecule has 3 saturated heterocycles. The first-order chi connectivity index (χ1) is 15.3. The van der Waals surface area contributed by atoms with E-state index >= 15 is 0 Å². The minimum Gasteiger partial charge on any atom is -0.444 e. The number of epoxide rings is 1. The Balaban J connectivity index is 1.15. The van der Waals surface area contributed by atoms with Crippen molar-refractivity contribution in [3.63, 3.8) is 0 Å². The minimum absolute atomic E-state index is 0.0469. The Morgan fingerprint density at radius 1 is 1.19 bits per heavy atom. The Bertz CT molecular complexity index is 847. The van der Waals surface area contributed by atoms with Crippen LogP contribution < -0.4 is 10.6 Å². The number of hydrogen-bond donors (Lipinski definition) is 2. The first kappa shape index (κ1) is 22.8. The Morgan fingerprint density at radius 2 is 1.94 bits per heavy atom. The molecule has 3 heterocycles. The molecule has 0 aliphatic carbocycles. The van der Waals surface area contributed by atoms with Gasteiger partial charge in [0.2, 0.25) is 0 Å². The molecule has 0 radical (unpaired) electrons. The zero-order valence-corrected chi connectivity index (χ0v) is 19.4. The highest BCUT2D eigenvalue weighted by molar-refractivity contribution is 5.67. The molecule has 3 aliphatic rings. The lowest BCUT2D eigenvalue weighted by atomic mass is 9.88. The van der Waals surface area contributed by atoms with E-state index < -0.39 is 5.60 Å². The van der Waals surface area contributed by atoms with Crippen molar-refractivity contribution in [2.24, 2.45) is 5.92 Å². The molecule has 0 bridgehead atoms. The van der Waals surface area contributed by atoms with Gasteiger partial charge in [0.05, 0.1) is 6.57 Å². The number of nitrogens with one attached hydrogen (secondary N) is 2. The fourth-order valence-electron chi connectivity index (χ4n) is 4.94. The number of likely N-dealkylation sites (tertiary alicyclic amines) is 2. The van der Waals surface area contributed by atoms with E-state index in [4.69, 9.17) is 16.0 Å². The van der Waals surface area contributed by atoms with Crippen LogP contribution in [0.15, 0.2) is 24.3 Å². The van der Waals surface area contributed by atoms with Gasteiger partial charge in [-0.1, -0.05) is 12.1 Å². The Morgan fingerprint density at radius 3 is 2.66 bits per heavy atom. The Hall–Kier alpha value is -2.34. The van der Waals surface area contributed by atoms with E-state index in [1.165, 1.54) is 0 Å². The summed E-state index contributed by atoms with van der Waals surface area (Å²) < 4.78 is 11.5. The summed E-state index contributed by atoms with van der Waals surface area (Å²) in [7, 11) is 0. The summed E-state index contributed by atoms with van der Waals surface area (Å²) in [4.78, 5) is 20.2. The van der Waals surface area contributed by atoms with Gasteiger partial charge in [0.25, 0.3) is 0 Å². The minimum atomic E-state index is -0.470. The van der Waals surface area contributed by atoms with E-state index in [0.717, 1.165) is 57.9 Å². The second-order valence-electron chi connectivity index (χ2n) is 10.1. The van der Waals surface area contributed by atoms with Crippen molar-refractivity contribution in [2.45, 2.75) is 44.5 Å². The van der Waals surface area contributed by atoms with E-state index in [0.29, 0.717) is 24.3 Å². The zero-order chi connectivity index (χ0) is 22.8. The third-order valence-corrected chi connectivity index (χ3v) is 6.47. The first-order valence-corrected chi connectivity index (χ1v) is 11.6. The van der Waals surface area contributed by atoms with Crippen LogP contribution in [0.2, 0.25) is 0 Å². The van der Waals surface area contributed by atoms with Gasteiger partial charge >= 0.3 is 6.09 Å². The molecule has 3 atom stereocenters. The molecular formula is C24H35N5O3. The molecule has 32 heavy (non-hydrogen) atoms. The lowest BCUT2D eigenvalue weighted by Crippen LogP contribution is -2.46. The summed E-state index contributed by atoms with van der Waals surface area (Å²) in [6, 6.07) is 7.62. The number of ether oxygens (including phenoxy) is 2. The van der Waals surface area contributed by atoms with Crippen molar-refractivity contribution < 1.29 is 14.3 Å². The van der Waals surface area contributed by atoms with Crippen molar-refractivity contribution in [1.82, 2.24) is 15.1 Å². The van der Waals surface area contributed by atoms with Gasteiger partial charge < -0.3 is 25.0 Å². The standard InChI is InChI=1S/C24H35N5O3/c1-23(2,3)32-22(30)27-11-13-29-15-18-14-28(16-21-24(18,17-29)31-21)12-5-10-26-20-8-6-19(25-4)7-9-20/h6-9,18,21,26H,5,10-17H2,1-3H3,(H,27,30). The van der Waals surface area contributed by atoms with Gasteiger partial charge in [-0.25, -0.2) is 9.64 Å². The highest BCUT2D eigenvalue weighted by Crippen LogP contribution is 2.51. The number of hydrogen-bond acceptors (Lipinski definition) is 6. The van der Waals surface area contributed by atoms with Gasteiger partial charge in [-0.15, -0.1) is 0 Å². The monoisotopic (exact) mass is 441 g/mol. The van der Waals surface area contributed by atoms with Gasteiger partial charge in [0.15, 0.2) is 5.69 Å². The van der Waals surface area contributed by atoms with Crippen molar-refractivity contribution in [2.75, 3.05) is 57.7 Å². The molecule has 3 unspecified atom stereocenters. The maximum atomic E-state index is 11.8. The second kappa shape index (κ2) is 9.26. The number of benzene rings is 1. The number of rotatable bonds is 8. The zero-order valence-electron chi connectivity index (χ0n) is 19.4. The fraction of sp³-hybridized carbons (Fsp3) is 0.667. The van der Waals surface area contributed by atoms with Gasteiger partial charge in [0.1, 0.15) is 17.3 Å². The Kier molecular flexibility index (Phi) is 6.61. The van der Waals surface area contributed by atoms with Crippen molar-refractivity contribution >= 4 is 17.5 Å². The molecule has 8 heteroatoms. The maximum absolute atomic E-state index is 11.8. The molecule has 4 rings (SSSR count). The van der Waals surface area contributed by atoms with Crippen LogP contribution in [0.3, 0.4) is 0 Å². The molecule has 3 aliphatic heterocycles. The van der Waals surface area contributed by atoms with Crippen LogP contribution in [-0.4, -0.2) is 85.6 Å². The number of amides is 1. The summed E-state index contributed by atoms with van der Waals surface area (Å²) in [5.41, 5.74) is 1.31. The maximum Gasteiger partial charge on any atom is 0.407 e. The largest absolute Gasteiger partial charge is 0.444 e. The van der Waals surface area contributed by atoms with E-state index in [1.807, 2.05) is 45.0 Å². The molecule has 174 valence electrons. The summed E-state index contributed by atoms with van der Waals surface area (Å²) >= 11 is 0. The molecule has 3 fully saturated rings. The Labute approximate surface area is 191 Å². The predicted molar refractivity (Wildman–Crippen MR) is 124 cm³/mol. The van der Waals surface area contributed by atoms with Gasteiger partial charge in [-0.2, -0.15) is 0 Å². The number of piperidine rings is 1. The first-order valence-electron chi connectivity index (χ1n) is 11.6. The van der Waals surface area contributed by atoms with Crippen molar-refractivity contribution in [3.05, 3.63) is 35.7 Å². The predicted octanol–water partition coefficient (Wildman–Crippen LogP) is 2.95. The second-order valence-corrected chi connectivity index (χ2v) is 10.1. The quantitative estimate of drug-likeness (QED) is 0.367. The third kappa shape index (κ3) is 5.52. The molecule has 2 N–H and O–H groups in total. The highest BCUT2D eigenvalue weighted by Gasteiger charge is 2.67. The van der Waals surface area contributed by atoms with Crippen LogP contribution >= 0.6 is 0 Å². The third-order valence-electron chi connectivity index (χ3n) is 6.47. The summed E-state index contributed by atoms with van der Waals surface area (Å²) in [6.07, 6.45) is 1.06. The fourth-order valence-corrected chi connectivity index (χ4v) is 4.94. The van der Waals surface area contributed by atoms with E-state index in [-0.39, 0.29) is 11.7 Å². The molecular weight excluding hydrogens is 406 g/mol. The number of carbonyl (C=O) groups excluding carboxylic acids is 1. The van der Waals surface area contributed by atoms with E-state index in [2.05, 4.69) is 25.3 Å². The van der Waals surface area contributed by atoms with Crippen LogP contribution in [0.1, 0.15) is 27.2 Å². The molecule has 1 spiro atoms. The topological polar surface area (TPSA) is 73.7 Å². The van der Waals surface area contributed by atoms with E-state index in [9.17, 15) is 4.79 Å². The number of anilines is 1. The average molecular weight is 442 g/mol. The number of carbonyl (C=O) groups is 1. The van der Waals surface area contributed by atoms with Crippen LogP contribution in [-0.2, 0) is 9.47 Å². The molecule has 1 aromatic rings. The van der Waals surface area contributed by atoms with Crippen LogP contribution in [0.25, 0.3) is 4.85 Å². The average Bonchev–Trinajstić information content (AvgIpc) is 3.32. The van der Waals surface area contributed by atoms with E-state index in [1.54, 1.807) is 0 Å². The van der Waals surface area contributed by atoms with Crippen molar-refractivity contribution in [3.8, 4) is 0 Å². The molecule has 8 nitrogen and oxygen atoms in total. The van der Waals surface area contributed by atoms with Crippen LogP contribution in [0.5, 0.6) is 0 Å². The normalized spacial score (nSPS) is 27.2. The highest BCUT2D eigenvalue weighted by atomic mass is 16.6. The number of alkyl carbamates (subject to hydrolysis) is 1. The lowest BCUT2D eigenvalue weighted by molar-refractivity contribution is 0.0523. The molecule has 1 aromatic carbocycles. The molecule has 0 aromatic heterocycles. The summed E-state index contributed by atoms with van der Waals surface area (Å²) in [6.45, 7) is 20.1.